The molecule has 5 heteroatoms. The number of aliphatic hydroxyl groups is 1. The standard InChI is InChI=1S/C13H17N3O2/c14-10-11-2-1-5-15-13(11)16-6-3-12(4-7-16)18-9-8-17/h1-2,5,12,17H,3-4,6-9H2. The smallest absolute Gasteiger partial charge is 0.146 e. The first-order valence-corrected chi connectivity index (χ1v) is 6.17. The lowest BCUT2D eigenvalue weighted by Crippen LogP contribution is -2.38. The zero-order valence-corrected chi connectivity index (χ0v) is 10.2. The van der Waals surface area contributed by atoms with E-state index in [2.05, 4.69) is 16.0 Å². The summed E-state index contributed by atoms with van der Waals surface area (Å²) in [4.78, 5) is 6.41. The van der Waals surface area contributed by atoms with Gasteiger partial charge in [0.25, 0.3) is 0 Å². The number of ether oxygens (including phenoxy) is 1. The molecule has 0 bridgehead atoms. The van der Waals surface area contributed by atoms with Crippen molar-refractivity contribution in [3.05, 3.63) is 23.9 Å². The van der Waals surface area contributed by atoms with E-state index in [0.29, 0.717) is 12.2 Å². The normalized spacial score (nSPS) is 16.6. The topological polar surface area (TPSA) is 69.4 Å². The maximum Gasteiger partial charge on any atom is 0.146 e. The average Bonchev–Trinajstić information content (AvgIpc) is 2.45. The lowest BCUT2D eigenvalue weighted by molar-refractivity contribution is 0.0158. The van der Waals surface area contributed by atoms with Crippen LogP contribution in [0.25, 0.3) is 0 Å². The molecule has 96 valence electrons. The molecule has 0 saturated carbocycles. The van der Waals surface area contributed by atoms with Crippen LogP contribution in [0, 0.1) is 11.3 Å². The van der Waals surface area contributed by atoms with Gasteiger partial charge in [-0.3, -0.25) is 0 Å². The highest BCUT2D eigenvalue weighted by molar-refractivity contribution is 5.53. The first-order chi connectivity index (χ1) is 8.85. The molecule has 1 aliphatic rings. The van der Waals surface area contributed by atoms with Crippen LogP contribution in [0.15, 0.2) is 18.3 Å². The van der Waals surface area contributed by atoms with Crippen molar-refractivity contribution < 1.29 is 9.84 Å². The SMILES string of the molecule is N#Cc1cccnc1N1CCC(OCCO)CC1. The minimum absolute atomic E-state index is 0.0685. The van der Waals surface area contributed by atoms with Crippen LogP contribution >= 0.6 is 0 Å². The van der Waals surface area contributed by atoms with Crippen molar-refractivity contribution in [1.82, 2.24) is 4.98 Å². The van der Waals surface area contributed by atoms with E-state index in [1.54, 1.807) is 18.3 Å². The zero-order valence-electron chi connectivity index (χ0n) is 10.2. The minimum atomic E-state index is 0.0685. The second-order valence-corrected chi connectivity index (χ2v) is 4.27. The number of hydrogen-bond donors (Lipinski definition) is 1. The van der Waals surface area contributed by atoms with E-state index >= 15 is 0 Å². The molecule has 0 aromatic carbocycles. The molecule has 1 N–H and O–H groups in total. The Morgan fingerprint density at radius 2 is 2.28 bits per heavy atom. The maximum absolute atomic E-state index is 9.05. The maximum atomic E-state index is 9.05. The number of pyridine rings is 1. The highest BCUT2D eigenvalue weighted by Gasteiger charge is 2.21. The number of nitriles is 1. The fourth-order valence-corrected chi connectivity index (χ4v) is 2.19. The van der Waals surface area contributed by atoms with Gasteiger partial charge >= 0.3 is 0 Å². The Hall–Kier alpha value is -1.64. The predicted molar refractivity (Wildman–Crippen MR) is 67.2 cm³/mol. The largest absolute Gasteiger partial charge is 0.394 e. The van der Waals surface area contributed by atoms with Gasteiger partial charge in [0.1, 0.15) is 11.9 Å². The lowest BCUT2D eigenvalue weighted by Gasteiger charge is -2.32. The van der Waals surface area contributed by atoms with Crippen LogP contribution in [0.1, 0.15) is 18.4 Å². The van der Waals surface area contributed by atoms with E-state index in [1.807, 2.05) is 0 Å². The summed E-state index contributed by atoms with van der Waals surface area (Å²) in [6.07, 6.45) is 3.73. The number of aromatic nitrogens is 1. The summed E-state index contributed by atoms with van der Waals surface area (Å²) in [6, 6.07) is 5.74. The third-order valence-corrected chi connectivity index (χ3v) is 3.09. The summed E-state index contributed by atoms with van der Waals surface area (Å²) in [5.41, 5.74) is 0.618. The Balaban J connectivity index is 1.95. The zero-order chi connectivity index (χ0) is 12.8. The molecule has 1 aromatic rings. The summed E-state index contributed by atoms with van der Waals surface area (Å²) < 4.78 is 5.51. The molecular formula is C13H17N3O2. The monoisotopic (exact) mass is 247 g/mol. The van der Waals surface area contributed by atoms with Crippen molar-refractivity contribution >= 4 is 5.82 Å². The van der Waals surface area contributed by atoms with Crippen molar-refractivity contribution in [2.45, 2.75) is 18.9 Å². The van der Waals surface area contributed by atoms with Gasteiger partial charge in [-0.25, -0.2) is 4.98 Å². The number of aliphatic hydroxyl groups excluding tert-OH is 1. The van der Waals surface area contributed by atoms with Gasteiger partial charge in [0.2, 0.25) is 0 Å². The molecule has 0 aliphatic carbocycles. The third kappa shape index (κ3) is 2.97. The van der Waals surface area contributed by atoms with Crippen molar-refractivity contribution in [3.8, 4) is 6.07 Å². The van der Waals surface area contributed by atoms with Crippen LogP contribution < -0.4 is 4.90 Å². The Kier molecular flexibility index (Phi) is 4.51. The lowest BCUT2D eigenvalue weighted by atomic mass is 10.1. The summed E-state index contributed by atoms with van der Waals surface area (Å²) >= 11 is 0. The first-order valence-electron chi connectivity index (χ1n) is 6.17. The minimum Gasteiger partial charge on any atom is -0.394 e. The molecule has 0 amide bonds. The van der Waals surface area contributed by atoms with Gasteiger partial charge in [-0.05, 0) is 25.0 Å². The highest BCUT2D eigenvalue weighted by atomic mass is 16.5. The van der Waals surface area contributed by atoms with Crippen LogP contribution in [-0.2, 0) is 4.74 Å². The molecule has 1 aliphatic heterocycles. The summed E-state index contributed by atoms with van der Waals surface area (Å²) in [5, 5.41) is 17.8. The van der Waals surface area contributed by atoms with Crippen LogP contribution in [-0.4, -0.2) is 42.5 Å². The van der Waals surface area contributed by atoms with Gasteiger partial charge in [0.05, 0.1) is 24.9 Å². The molecule has 0 atom stereocenters. The molecule has 2 heterocycles. The van der Waals surface area contributed by atoms with Crippen molar-refractivity contribution in [2.24, 2.45) is 0 Å². The third-order valence-electron chi connectivity index (χ3n) is 3.09. The fraction of sp³-hybridized carbons (Fsp3) is 0.538. The molecule has 1 saturated heterocycles. The van der Waals surface area contributed by atoms with Gasteiger partial charge < -0.3 is 14.7 Å². The quantitative estimate of drug-likeness (QED) is 0.857. The van der Waals surface area contributed by atoms with Gasteiger partial charge in [-0.2, -0.15) is 5.26 Å². The van der Waals surface area contributed by atoms with E-state index in [4.69, 9.17) is 15.1 Å². The summed E-state index contributed by atoms with van der Waals surface area (Å²) in [5.74, 6) is 0.764. The number of hydrogen-bond acceptors (Lipinski definition) is 5. The predicted octanol–water partition coefficient (Wildman–Crippen LogP) is 0.931. The van der Waals surface area contributed by atoms with Crippen LogP contribution in [0.5, 0.6) is 0 Å². The highest BCUT2D eigenvalue weighted by Crippen LogP contribution is 2.22. The Morgan fingerprint density at radius 1 is 1.50 bits per heavy atom. The second kappa shape index (κ2) is 6.34. The number of nitrogens with zero attached hydrogens (tertiary/aromatic N) is 3. The molecule has 2 rings (SSSR count). The van der Waals surface area contributed by atoms with Crippen LogP contribution in [0.4, 0.5) is 5.82 Å². The van der Waals surface area contributed by atoms with Gasteiger partial charge in [0.15, 0.2) is 0 Å². The van der Waals surface area contributed by atoms with Gasteiger partial charge in [-0.1, -0.05) is 0 Å². The molecule has 1 aromatic heterocycles. The molecule has 1 fully saturated rings. The summed E-state index contributed by atoms with van der Waals surface area (Å²) in [7, 11) is 0. The molecule has 0 radical (unpaired) electrons. The van der Waals surface area contributed by atoms with E-state index < -0.39 is 0 Å². The molecule has 0 spiro atoms. The number of rotatable bonds is 4. The van der Waals surface area contributed by atoms with Gasteiger partial charge in [-0.15, -0.1) is 0 Å². The molecule has 18 heavy (non-hydrogen) atoms. The Morgan fingerprint density at radius 3 is 2.94 bits per heavy atom. The molecular weight excluding hydrogens is 230 g/mol. The second-order valence-electron chi connectivity index (χ2n) is 4.27. The van der Waals surface area contributed by atoms with E-state index in [9.17, 15) is 0 Å². The molecule has 0 unspecified atom stereocenters. The Bertz CT molecular complexity index is 422. The van der Waals surface area contributed by atoms with Crippen LogP contribution in [0.3, 0.4) is 0 Å². The van der Waals surface area contributed by atoms with Crippen molar-refractivity contribution in [2.75, 3.05) is 31.2 Å². The van der Waals surface area contributed by atoms with Crippen molar-refractivity contribution in [1.29, 1.82) is 5.26 Å². The molecule has 5 nitrogen and oxygen atoms in total. The summed E-state index contributed by atoms with van der Waals surface area (Å²) in [6.45, 7) is 2.14. The fourth-order valence-electron chi connectivity index (χ4n) is 2.19. The van der Waals surface area contributed by atoms with E-state index in [1.165, 1.54) is 0 Å². The van der Waals surface area contributed by atoms with E-state index in [-0.39, 0.29) is 12.7 Å². The number of piperidine rings is 1. The van der Waals surface area contributed by atoms with Crippen LogP contribution in [0.2, 0.25) is 0 Å². The van der Waals surface area contributed by atoms with Gasteiger partial charge in [0, 0.05) is 19.3 Å². The van der Waals surface area contributed by atoms with E-state index in [0.717, 1.165) is 31.7 Å². The Labute approximate surface area is 107 Å². The number of anilines is 1. The average molecular weight is 247 g/mol. The van der Waals surface area contributed by atoms with Crippen molar-refractivity contribution in [3.63, 3.8) is 0 Å². The first kappa shape index (κ1) is 12.8.